The van der Waals surface area contributed by atoms with Crippen LogP contribution in [0.25, 0.3) is 11.0 Å². The lowest BCUT2D eigenvalue weighted by atomic mass is 10.0. The van der Waals surface area contributed by atoms with Crippen molar-refractivity contribution in [2.45, 2.75) is 6.04 Å². The van der Waals surface area contributed by atoms with Crippen LogP contribution >= 0.6 is 11.6 Å². The number of nitrogens with one attached hydrogen (secondary N) is 1. The van der Waals surface area contributed by atoms with E-state index in [2.05, 4.69) is 5.43 Å². The minimum atomic E-state index is -0.303. The van der Waals surface area contributed by atoms with Crippen molar-refractivity contribution in [1.82, 2.24) is 5.43 Å². The second kappa shape index (κ2) is 5.17. The molecule has 2 aromatic carbocycles. The highest BCUT2D eigenvalue weighted by Crippen LogP contribution is 2.31. The van der Waals surface area contributed by atoms with Crippen LogP contribution in [0.1, 0.15) is 17.4 Å². The number of para-hydroxylation sites is 1. The molecule has 0 saturated carbocycles. The van der Waals surface area contributed by atoms with Crippen molar-refractivity contribution in [1.29, 1.82) is 0 Å². The Morgan fingerprint density at radius 3 is 2.65 bits per heavy atom. The lowest BCUT2D eigenvalue weighted by molar-refractivity contribution is 0.478. The highest BCUT2D eigenvalue weighted by molar-refractivity contribution is 6.31. The van der Waals surface area contributed by atoms with Gasteiger partial charge in [0.1, 0.15) is 17.4 Å². The Bertz CT molecular complexity index is 754. The average Bonchev–Trinajstić information content (AvgIpc) is 2.84. The summed E-state index contributed by atoms with van der Waals surface area (Å²) in [5, 5.41) is 1.60. The van der Waals surface area contributed by atoms with Crippen molar-refractivity contribution < 1.29 is 4.42 Å². The van der Waals surface area contributed by atoms with Gasteiger partial charge in [-0.1, -0.05) is 29.8 Å². The number of fused-ring (bicyclic) bond motifs is 1. The molecule has 1 unspecified atom stereocenters. The number of hydrogen-bond donors (Lipinski definition) is 3. The Morgan fingerprint density at radius 1 is 1.10 bits per heavy atom. The molecule has 3 rings (SSSR count). The molecule has 3 aromatic rings. The molecule has 5 heteroatoms. The van der Waals surface area contributed by atoms with E-state index in [-0.39, 0.29) is 6.04 Å². The fourth-order valence-electron chi connectivity index (χ4n) is 2.28. The molecule has 1 atom stereocenters. The number of benzene rings is 2. The second-order valence-corrected chi connectivity index (χ2v) is 5.00. The Kier molecular flexibility index (Phi) is 3.36. The molecule has 5 N–H and O–H groups in total. The first-order chi connectivity index (χ1) is 9.69. The fourth-order valence-corrected chi connectivity index (χ4v) is 2.46. The number of halogens is 1. The first kappa shape index (κ1) is 13.0. The standard InChI is InChI=1S/C15H14ClN3O/c16-10-5-6-13-9(7-10)8-14(20-13)15(19-18)11-3-1-2-4-12(11)17/h1-8,15,19H,17-18H2. The topological polar surface area (TPSA) is 77.2 Å². The molecule has 0 aliphatic carbocycles. The van der Waals surface area contributed by atoms with E-state index in [1.165, 1.54) is 0 Å². The quantitative estimate of drug-likeness (QED) is 0.393. The predicted molar refractivity (Wildman–Crippen MR) is 81.2 cm³/mol. The monoisotopic (exact) mass is 287 g/mol. The third kappa shape index (κ3) is 2.25. The molecule has 0 amide bonds. The highest BCUT2D eigenvalue weighted by atomic mass is 35.5. The summed E-state index contributed by atoms with van der Waals surface area (Å²) in [5.41, 5.74) is 11.0. The van der Waals surface area contributed by atoms with Crippen LogP contribution in [0.3, 0.4) is 0 Å². The Hall–Kier alpha value is -2.01. The van der Waals surface area contributed by atoms with Crippen LogP contribution in [-0.2, 0) is 0 Å². The van der Waals surface area contributed by atoms with Gasteiger partial charge in [0.15, 0.2) is 0 Å². The molecule has 0 saturated heterocycles. The number of furan rings is 1. The first-order valence-corrected chi connectivity index (χ1v) is 6.56. The maximum Gasteiger partial charge on any atom is 0.134 e. The lowest BCUT2D eigenvalue weighted by Gasteiger charge is -2.15. The summed E-state index contributed by atoms with van der Waals surface area (Å²) in [4.78, 5) is 0. The van der Waals surface area contributed by atoms with Crippen LogP contribution in [0.4, 0.5) is 5.69 Å². The number of hydrazine groups is 1. The van der Waals surface area contributed by atoms with Gasteiger partial charge in [0.2, 0.25) is 0 Å². The van der Waals surface area contributed by atoms with Crippen LogP contribution in [-0.4, -0.2) is 0 Å². The van der Waals surface area contributed by atoms with E-state index in [0.29, 0.717) is 16.5 Å². The smallest absolute Gasteiger partial charge is 0.134 e. The van der Waals surface area contributed by atoms with Crippen molar-refractivity contribution >= 4 is 28.3 Å². The van der Waals surface area contributed by atoms with Crippen LogP contribution in [0.2, 0.25) is 5.02 Å². The van der Waals surface area contributed by atoms with Crippen molar-refractivity contribution in [2.24, 2.45) is 5.84 Å². The Balaban J connectivity index is 2.10. The van der Waals surface area contributed by atoms with E-state index < -0.39 is 0 Å². The van der Waals surface area contributed by atoms with Crippen LogP contribution < -0.4 is 17.0 Å². The predicted octanol–water partition coefficient (Wildman–Crippen LogP) is 3.22. The van der Waals surface area contributed by atoms with Gasteiger partial charge in [-0.15, -0.1) is 0 Å². The van der Waals surface area contributed by atoms with E-state index in [9.17, 15) is 0 Å². The average molecular weight is 288 g/mol. The van der Waals surface area contributed by atoms with Gasteiger partial charge in [0, 0.05) is 21.7 Å². The van der Waals surface area contributed by atoms with Gasteiger partial charge in [0.25, 0.3) is 0 Å². The molecule has 1 heterocycles. The van der Waals surface area contributed by atoms with Crippen LogP contribution in [0, 0.1) is 0 Å². The number of anilines is 1. The minimum absolute atomic E-state index is 0.303. The van der Waals surface area contributed by atoms with Gasteiger partial charge in [-0.2, -0.15) is 0 Å². The summed E-state index contributed by atoms with van der Waals surface area (Å²) in [7, 11) is 0. The molecule has 0 bridgehead atoms. The van der Waals surface area contributed by atoms with Gasteiger partial charge in [-0.3, -0.25) is 5.84 Å². The largest absolute Gasteiger partial charge is 0.459 e. The van der Waals surface area contributed by atoms with Gasteiger partial charge in [-0.05, 0) is 30.3 Å². The third-order valence-electron chi connectivity index (χ3n) is 3.26. The molecule has 0 aliphatic heterocycles. The number of nitrogens with two attached hydrogens (primary N) is 2. The van der Waals surface area contributed by atoms with Crippen molar-refractivity contribution in [3.05, 3.63) is 64.9 Å². The Morgan fingerprint density at radius 2 is 1.90 bits per heavy atom. The molecule has 102 valence electrons. The van der Waals surface area contributed by atoms with E-state index in [4.69, 9.17) is 27.6 Å². The molecule has 20 heavy (non-hydrogen) atoms. The summed E-state index contributed by atoms with van der Waals surface area (Å²) in [6.07, 6.45) is 0. The molecule has 4 nitrogen and oxygen atoms in total. The van der Waals surface area contributed by atoms with Crippen LogP contribution in [0.5, 0.6) is 0 Å². The molecular formula is C15H14ClN3O. The van der Waals surface area contributed by atoms with E-state index in [0.717, 1.165) is 16.5 Å². The van der Waals surface area contributed by atoms with Gasteiger partial charge < -0.3 is 10.2 Å². The summed E-state index contributed by atoms with van der Waals surface area (Å²) in [6, 6.07) is 14.6. The summed E-state index contributed by atoms with van der Waals surface area (Å²) in [6.45, 7) is 0. The summed E-state index contributed by atoms with van der Waals surface area (Å²) < 4.78 is 5.83. The molecule has 1 aromatic heterocycles. The summed E-state index contributed by atoms with van der Waals surface area (Å²) >= 11 is 5.98. The fraction of sp³-hybridized carbons (Fsp3) is 0.0667. The number of rotatable bonds is 3. The van der Waals surface area contributed by atoms with Gasteiger partial charge in [0.05, 0.1) is 0 Å². The third-order valence-corrected chi connectivity index (χ3v) is 3.49. The van der Waals surface area contributed by atoms with Crippen LogP contribution in [0.15, 0.2) is 52.9 Å². The highest BCUT2D eigenvalue weighted by Gasteiger charge is 2.19. The SMILES string of the molecule is NNC(c1cc2cc(Cl)ccc2o1)c1ccccc1N. The van der Waals surface area contributed by atoms with E-state index in [1.54, 1.807) is 6.07 Å². The molecular weight excluding hydrogens is 274 g/mol. The number of nitrogen functional groups attached to an aromatic ring is 1. The first-order valence-electron chi connectivity index (χ1n) is 6.18. The zero-order valence-corrected chi connectivity index (χ0v) is 11.4. The maximum atomic E-state index is 5.99. The zero-order chi connectivity index (χ0) is 14.1. The van der Waals surface area contributed by atoms with Crippen molar-refractivity contribution in [2.75, 3.05) is 5.73 Å². The molecule has 0 radical (unpaired) electrons. The van der Waals surface area contributed by atoms with Crippen molar-refractivity contribution in [3.63, 3.8) is 0 Å². The van der Waals surface area contributed by atoms with Gasteiger partial charge in [-0.25, -0.2) is 5.43 Å². The van der Waals surface area contributed by atoms with E-state index in [1.807, 2.05) is 42.5 Å². The zero-order valence-electron chi connectivity index (χ0n) is 10.6. The van der Waals surface area contributed by atoms with Gasteiger partial charge >= 0.3 is 0 Å². The normalized spacial score (nSPS) is 12.7. The number of hydrogen-bond acceptors (Lipinski definition) is 4. The van der Waals surface area contributed by atoms with Crippen molar-refractivity contribution in [3.8, 4) is 0 Å². The molecule has 0 spiro atoms. The Labute approximate surface area is 121 Å². The second-order valence-electron chi connectivity index (χ2n) is 4.56. The summed E-state index contributed by atoms with van der Waals surface area (Å²) in [5.74, 6) is 6.36. The van der Waals surface area contributed by atoms with E-state index >= 15 is 0 Å². The maximum absolute atomic E-state index is 5.99. The lowest BCUT2D eigenvalue weighted by Crippen LogP contribution is -2.29. The minimum Gasteiger partial charge on any atom is -0.459 e. The molecule has 0 aliphatic rings. The molecule has 0 fully saturated rings.